The van der Waals surface area contributed by atoms with Gasteiger partial charge in [0.2, 0.25) is 11.8 Å². The van der Waals surface area contributed by atoms with Crippen LogP contribution in [0.1, 0.15) is 48.4 Å². The van der Waals surface area contributed by atoms with Crippen LogP contribution >= 0.6 is 23.2 Å². The van der Waals surface area contributed by atoms with Crippen molar-refractivity contribution in [1.82, 2.24) is 5.32 Å². The highest BCUT2D eigenvalue weighted by Crippen LogP contribution is 2.59. The Morgan fingerprint density at radius 1 is 1.06 bits per heavy atom. The number of halogens is 4. The molecule has 5 nitrogen and oxygen atoms in total. The molecule has 2 aliphatic heterocycles. The number of ether oxygens (including phenoxy) is 1. The Labute approximate surface area is 216 Å². The van der Waals surface area contributed by atoms with Gasteiger partial charge >= 0.3 is 0 Å². The largest absolute Gasteiger partial charge is 0.493 e. The molecule has 0 aromatic heterocycles. The van der Waals surface area contributed by atoms with E-state index < -0.39 is 40.8 Å². The molecule has 0 aliphatic carbocycles. The molecule has 0 radical (unpaired) electrons. The Balaban J connectivity index is 1.83. The summed E-state index contributed by atoms with van der Waals surface area (Å²) in [5.41, 5.74) is -0.197. The number of amides is 2. The van der Waals surface area contributed by atoms with Crippen LogP contribution in [-0.4, -0.2) is 18.4 Å². The summed E-state index contributed by atoms with van der Waals surface area (Å²) < 4.78 is 36.1. The fourth-order valence-electron chi connectivity index (χ4n) is 5.40. The molecule has 186 valence electrons. The van der Waals surface area contributed by atoms with Crippen molar-refractivity contribution in [2.45, 2.75) is 37.1 Å². The zero-order valence-electron chi connectivity index (χ0n) is 19.2. The summed E-state index contributed by atoms with van der Waals surface area (Å²) in [4.78, 5) is 27.1. The molecule has 1 spiro atoms. The molecule has 3 atom stereocenters. The van der Waals surface area contributed by atoms with Crippen LogP contribution in [0.3, 0.4) is 0 Å². The molecule has 3 aromatic rings. The van der Waals surface area contributed by atoms with Gasteiger partial charge in [-0.2, -0.15) is 0 Å². The van der Waals surface area contributed by atoms with Gasteiger partial charge < -0.3 is 15.4 Å². The molecule has 0 saturated carbocycles. The Hall–Kier alpha value is -3.16. The van der Waals surface area contributed by atoms with Crippen LogP contribution in [0, 0.1) is 11.6 Å². The lowest BCUT2D eigenvalue weighted by Crippen LogP contribution is -2.57. The maximum atomic E-state index is 15.6. The van der Waals surface area contributed by atoms with E-state index in [1.807, 2.05) is 6.92 Å². The fraction of sp³-hybridized carbons (Fsp3) is 0.259. The summed E-state index contributed by atoms with van der Waals surface area (Å²) in [6, 6.07) is 12.8. The molecule has 3 aromatic carbocycles. The minimum absolute atomic E-state index is 0.0578. The average Bonchev–Trinajstić information content (AvgIpc) is 3.12. The number of anilines is 1. The number of hydrogen-bond donors (Lipinski definition) is 2. The van der Waals surface area contributed by atoms with Crippen molar-refractivity contribution in [2.24, 2.45) is 0 Å². The second-order valence-electron chi connectivity index (χ2n) is 8.95. The Morgan fingerprint density at radius 3 is 2.58 bits per heavy atom. The van der Waals surface area contributed by atoms with Crippen molar-refractivity contribution in [1.29, 1.82) is 0 Å². The summed E-state index contributed by atoms with van der Waals surface area (Å²) in [6.07, 6.45) is 0.544. The van der Waals surface area contributed by atoms with E-state index in [4.69, 9.17) is 27.9 Å². The summed E-state index contributed by atoms with van der Waals surface area (Å²) in [7, 11) is 0. The summed E-state index contributed by atoms with van der Waals surface area (Å²) in [5.74, 6) is -3.88. The van der Waals surface area contributed by atoms with Crippen LogP contribution in [0.25, 0.3) is 0 Å². The van der Waals surface area contributed by atoms with Crippen molar-refractivity contribution in [3.63, 3.8) is 0 Å². The van der Waals surface area contributed by atoms with Crippen LogP contribution in [0.5, 0.6) is 5.75 Å². The molecule has 2 heterocycles. The first-order valence-corrected chi connectivity index (χ1v) is 12.3. The monoisotopic (exact) mass is 530 g/mol. The molecule has 2 amide bonds. The lowest BCUT2D eigenvalue weighted by Gasteiger charge is -2.46. The van der Waals surface area contributed by atoms with Crippen LogP contribution in [0.2, 0.25) is 10.0 Å². The first-order chi connectivity index (χ1) is 17.3. The molecule has 36 heavy (non-hydrogen) atoms. The summed E-state index contributed by atoms with van der Waals surface area (Å²) in [5, 5.41) is 6.47. The van der Waals surface area contributed by atoms with Crippen molar-refractivity contribution in [2.75, 3.05) is 11.9 Å². The predicted molar refractivity (Wildman–Crippen MR) is 134 cm³/mol. The van der Waals surface area contributed by atoms with Gasteiger partial charge in [-0.1, -0.05) is 48.3 Å². The molecule has 9 heteroatoms. The second kappa shape index (κ2) is 9.37. The molecular weight excluding hydrogens is 509 g/mol. The van der Waals surface area contributed by atoms with Gasteiger partial charge in [-0.15, -0.1) is 0 Å². The Bertz CT molecular complexity index is 1380. The minimum atomic E-state index is -1.54. The van der Waals surface area contributed by atoms with E-state index >= 15 is 4.39 Å². The number of carbonyl (C=O) groups excluding carboxylic acids is 2. The molecule has 0 unspecified atom stereocenters. The zero-order valence-corrected chi connectivity index (χ0v) is 20.7. The molecule has 2 aliphatic rings. The molecule has 0 bridgehead atoms. The number of rotatable bonds is 5. The highest BCUT2D eigenvalue weighted by Gasteiger charge is 2.62. The van der Waals surface area contributed by atoms with Gasteiger partial charge in [0.15, 0.2) is 11.6 Å². The van der Waals surface area contributed by atoms with Crippen LogP contribution in [0.4, 0.5) is 14.5 Å². The molecule has 5 rings (SSSR count). The quantitative estimate of drug-likeness (QED) is 0.407. The Morgan fingerprint density at radius 2 is 1.83 bits per heavy atom. The zero-order chi connectivity index (χ0) is 25.6. The SMILES string of the molecule is CCCOc1ccc(F)c(F)c1[C@@H]1NC(=O)C[C@@H](c2cccc(Cl)c2)[C@]12C(=O)Nc1cc(Cl)ccc12. The predicted octanol–water partition coefficient (Wildman–Crippen LogP) is 6.30. The second-order valence-corrected chi connectivity index (χ2v) is 9.82. The van der Waals surface area contributed by atoms with Crippen LogP contribution in [-0.2, 0) is 15.0 Å². The number of hydrogen-bond acceptors (Lipinski definition) is 3. The smallest absolute Gasteiger partial charge is 0.238 e. The molecular formula is C27H22Cl2F2N2O3. The molecule has 1 saturated heterocycles. The lowest BCUT2D eigenvalue weighted by atomic mass is 9.59. The van der Waals surface area contributed by atoms with E-state index in [0.717, 1.165) is 6.07 Å². The number of piperidine rings is 1. The highest BCUT2D eigenvalue weighted by atomic mass is 35.5. The molecule has 2 N–H and O–H groups in total. The first-order valence-electron chi connectivity index (χ1n) is 11.5. The van der Waals surface area contributed by atoms with E-state index in [2.05, 4.69) is 10.6 Å². The number of benzene rings is 3. The number of carbonyl (C=O) groups is 2. The maximum absolute atomic E-state index is 15.6. The van der Waals surface area contributed by atoms with Crippen molar-refractivity contribution in [3.05, 3.63) is 93.0 Å². The van der Waals surface area contributed by atoms with E-state index in [0.29, 0.717) is 33.3 Å². The Kier molecular flexibility index (Phi) is 6.39. The van der Waals surface area contributed by atoms with Gasteiger partial charge in [0.1, 0.15) is 11.2 Å². The minimum Gasteiger partial charge on any atom is -0.493 e. The standard InChI is InChI=1S/C27H22Cl2F2N2O3/c1-2-10-36-21-9-8-19(30)24(31)23(21)25-27(17-7-6-16(29)12-20(17)32-26(27)35)18(13-22(34)33-25)14-4-3-5-15(28)11-14/h3-9,11-12,18,25H,2,10,13H2,1H3,(H,32,35)(H,33,34)/t18-,25-,27-/m0/s1. The summed E-state index contributed by atoms with van der Waals surface area (Å²) in [6.45, 7) is 2.12. The van der Waals surface area contributed by atoms with E-state index in [-0.39, 0.29) is 24.3 Å². The number of fused-ring (bicyclic) bond motifs is 2. The van der Waals surface area contributed by atoms with Crippen molar-refractivity contribution >= 4 is 40.7 Å². The van der Waals surface area contributed by atoms with E-state index in [1.165, 1.54) is 6.07 Å². The first kappa shape index (κ1) is 24.5. The van der Waals surface area contributed by atoms with E-state index in [1.54, 1.807) is 42.5 Å². The van der Waals surface area contributed by atoms with Gasteiger partial charge in [-0.05, 0) is 53.9 Å². The third-order valence-corrected chi connectivity index (χ3v) is 7.32. The lowest BCUT2D eigenvalue weighted by molar-refractivity contribution is -0.131. The van der Waals surface area contributed by atoms with Gasteiger partial charge in [-0.3, -0.25) is 9.59 Å². The highest BCUT2D eigenvalue weighted by molar-refractivity contribution is 6.31. The average molecular weight is 531 g/mol. The van der Waals surface area contributed by atoms with Gasteiger partial charge in [-0.25, -0.2) is 8.78 Å². The van der Waals surface area contributed by atoms with Crippen LogP contribution < -0.4 is 15.4 Å². The number of nitrogens with one attached hydrogen (secondary N) is 2. The van der Waals surface area contributed by atoms with Crippen LogP contribution in [0.15, 0.2) is 54.6 Å². The van der Waals surface area contributed by atoms with Gasteiger partial charge in [0.05, 0.1) is 18.2 Å². The third-order valence-electron chi connectivity index (χ3n) is 6.85. The summed E-state index contributed by atoms with van der Waals surface area (Å²) >= 11 is 12.5. The molecule has 1 fully saturated rings. The topological polar surface area (TPSA) is 67.4 Å². The normalized spacial score (nSPS) is 22.8. The van der Waals surface area contributed by atoms with Crippen molar-refractivity contribution in [3.8, 4) is 5.75 Å². The fourth-order valence-corrected chi connectivity index (χ4v) is 5.77. The maximum Gasteiger partial charge on any atom is 0.238 e. The van der Waals surface area contributed by atoms with Gasteiger partial charge in [0.25, 0.3) is 0 Å². The van der Waals surface area contributed by atoms with Crippen molar-refractivity contribution < 1.29 is 23.1 Å². The third kappa shape index (κ3) is 3.82. The van der Waals surface area contributed by atoms with Gasteiger partial charge in [0, 0.05) is 28.1 Å². The van der Waals surface area contributed by atoms with E-state index in [9.17, 15) is 14.0 Å².